The highest BCUT2D eigenvalue weighted by Gasteiger charge is 2.10. The van der Waals surface area contributed by atoms with Gasteiger partial charge in [-0.2, -0.15) is 0 Å². The second-order valence-corrected chi connectivity index (χ2v) is 5.64. The van der Waals surface area contributed by atoms with Crippen LogP contribution in [0.5, 0.6) is 5.75 Å². The van der Waals surface area contributed by atoms with Gasteiger partial charge in [-0.05, 0) is 38.1 Å². The van der Waals surface area contributed by atoms with Crippen molar-refractivity contribution in [3.8, 4) is 5.75 Å². The molecule has 0 radical (unpaired) electrons. The number of hydrogen-bond acceptors (Lipinski definition) is 4. The number of amides is 1. The summed E-state index contributed by atoms with van der Waals surface area (Å²) in [6, 6.07) is 6.27. The lowest BCUT2D eigenvalue weighted by atomic mass is 10.2. The van der Waals surface area contributed by atoms with E-state index < -0.39 is 15.9 Å². The Morgan fingerprint density at radius 3 is 2.18 bits per heavy atom. The lowest BCUT2D eigenvalue weighted by Gasteiger charge is -2.09. The molecule has 1 aromatic carbocycles. The molecule has 0 aliphatic rings. The highest BCUT2D eigenvalue weighted by molar-refractivity contribution is 7.89. The number of rotatable bonds is 4. The van der Waals surface area contributed by atoms with Gasteiger partial charge in [0.05, 0.1) is 12.4 Å². The van der Waals surface area contributed by atoms with E-state index in [1.165, 1.54) is 12.1 Å². The second kappa shape index (κ2) is 5.18. The zero-order valence-electron chi connectivity index (χ0n) is 9.93. The van der Waals surface area contributed by atoms with Gasteiger partial charge in [0.25, 0.3) is 5.91 Å². The van der Waals surface area contributed by atoms with Crippen LogP contribution in [-0.2, 0) is 10.0 Å². The fourth-order valence-corrected chi connectivity index (χ4v) is 1.64. The van der Waals surface area contributed by atoms with Crippen LogP contribution in [0.25, 0.3) is 0 Å². The Bertz CT molecular complexity index is 491. The van der Waals surface area contributed by atoms with Gasteiger partial charge in [-0.3, -0.25) is 4.79 Å². The van der Waals surface area contributed by atoms with Crippen LogP contribution < -0.4 is 9.46 Å². The predicted molar refractivity (Wildman–Crippen MR) is 64.5 cm³/mol. The molecule has 1 aromatic rings. The minimum Gasteiger partial charge on any atom is -0.491 e. The fraction of sp³-hybridized carbons (Fsp3) is 0.364. The lowest BCUT2D eigenvalue weighted by molar-refractivity contribution is 0.0981. The molecule has 6 heteroatoms. The first-order valence-electron chi connectivity index (χ1n) is 5.07. The summed E-state index contributed by atoms with van der Waals surface area (Å²) in [6.07, 6.45) is 0.979. The van der Waals surface area contributed by atoms with Crippen LogP contribution in [0.15, 0.2) is 24.3 Å². The van der Waals surface area contributed by atoms with E-state index in [2.05, 4.69) is 0 Å². The summed E-state index contributed by atoms with van der Waals surface area (Å²) in [5, 5.41) is 0. The van der Waals surface area contributed by atoms with E-state index in [1.54, 1.807) is 12.1 Å². The summed E-state index contributed by atoms with van der Waals surface area (Å²) >= 11 is 0. The average molecular weight is 257 g/mol. The molecule has 0 bridgehead atoms. The number of benzene rings is 1. The van der Waals surface area contributed by atoms with Crippen LogP contribution in [0.4, 0.5) is 0 Å². The number of carbonyl (C=O) groups is 1. The van der Waals surface area contributed by atoms with E-state index in [1.807, 2.05) is 18.6 Å². The van der Waals surface area contributed by atoms with Gasteiger partial charge in [0, 0.05) is 5.56 Å². The maximum atomic E-state index is 11.5. The topological polar surface area (TPSA) is 72.5 Å². The summed E-state index contributed by atoms with van der Waals surface area (Å²) in [5.74, 6) is -0.0143. The zero-order chi connectivity index (χ0) is 13.1. The van der Waals surface area contributed by atoms with Crippen molar-refractivity contribution in [3.05, 3.63) is 29.8 Å². The number of ether oxygens (including phenoxy) is 1. The van der Waals surface area contributed by atoms with Crippen LogP contribution in [-0.4, -0.2) is 26.7 Å². The van der Waals surface area contributed by atoms with Gasteiger partial charge in [0.2, 0.25) is 10.0 Å². The molecule has 0 aliphatic carbocycles. The number of nitrogens with one attached hydrogen (secondary N) is 1. The summed E-state index contributed by atoms with van der Waals surface area (Å²) in [7, 11) is -3.53. The molecule has 1 amide bonds. The van der Waals surface area contributed by atoms with Crippen LogP contribution in [0.1, 0.15) is 24.2 Å². The molecule has 0 saturated heterocycles. The Balaban J connectivity index is 2.77. The SMILES string of the molecule is CC(C)Oc1ccc(C(=O)NS(C)(=O)=O)cc1. The molecule has 0 unspecified atom stereocenters. The van der Waals surface area contributed by atoms with Gasteiger partial charge < -0.3 is 4.74 Å². The minimum absolute atomic E-state index is 0.0469. The molecule has 1 rings (SSSR count). The first-order valence-corrected chi connectivity index (χ1v) is 6.96. The van der Waals surface area contributed by atoms with Crippen molar-refractivity contribution in [2.24, 2.45) is 0 Å². The van der Waals surface area contributed by atoms with Crippen LogP contribution in [0.3, 0.4) is 0 Å². The maximum Gasteiger partial charge on any atom is 0.264 e. The monoisotopic (exact) mass is 257 g/mol. The molecule has 1 N–H and O–H groups in total. The molecular weight excluding hydrogens is 242 g/mol. The zero-order valence-corrected chi connectivity index (χ0v) is 10.7. The number of hydrogen-bond donors (Lipinski definition) is 1. The summed E-state index contributed by atoms with van der Waals surface area (Å²) in [6.45, 7) is 3.79. The lowest BCUT2D eigenvalue weighted by Crippen LogP contribution is -2.29. The highest BCUT2D eigenvalue weighted by atomic mass is 32.2. The third kappa shape index (κ3) is 4.86. The Labute approximate surface area is 101 Å². The summed E-state index contributed by atoms with van der Waals surface area (Å²) in [4.78, 5) is 11.5. The van der Waals surface area contributed by atoms with Crippen molar-refractivity contribution in [2.45, 2.75) is 20.0 Å². The standard InChI is InChI=1S/C11H15NO4S/c1-8(2)16-10-6-4-9(5-7-10)11(13)12-17(3,14)15/h4-8H,1-3H3,(H,12,13). The van der Waals surface area contributed by atoms with Crippen molar-refractivity contribution in [3.63, 3.8) is 0 Å². The van der Waals surface area contributed by atoms with Crippen molar-refractivity contribution < 1.29 is 17.9 Å². The molecular formula is C11H15NO4S. The van der Waals surface area contributed by atoms with Crippen LogP contribution in [0, 0.1) is 0 Å². The molecule has 0 atom stereocenters. The number of sulfonamides is 1. The van der Waals surface area contributed by atoms with Crippen LogP contribution >= 0.6 is 0 Å². The first kappa shape index (κ1) is 13.5. The summed E-state index contributed by atoms with van der Waals surface area (Å²) in [5.41, 5.74) is 0.270. The maximum absolute atomic E-state index is 11.5. The molecule has 17 heavy (non-hydrogen) atoms. The highest BCUT2D eigenvalue weighted by Crippen LogP contribution is 2.13. The van der Waals surface area contributed by atoms with Crippen LogP contribution in [0.2, 0.25) is 0 Å². The van der Waals surface area contributed by atoms with E-state index in [-0.39, 0.29) is 11.7 Å². The normalized spacial score (nSPS) is 11.3. The van der Waals surface area contributed by atoms with Gasteiger partial charge >= 0.3 is 0 Å². The van der Waals surface area contributed by atoms with Crippen molar-refractivity contribution in [2.75, 3.05) is 6.26 Å². The van der Waals surface area contributed by atoms with Gasteiger partial charge in [0.15, 0.2) is 0 Å². The molecule has 0 aromatic heterocycles. The quantitative estimate of drug-likeness (QED) is 0.878. The Morgan fingerprint density at radius 2 is 1.76 bits per heavy atom. The molecule has 0 aliphatic heterocycles. The van der Waals surface area contributed by atoms with E-state index in [9.17, 15) is 13.2 Å². The molecule has 0 heterocycles. The predicted octanol–water partition coefficient (Wildman–Crippen LogP) is 1.16. The van der Waals surface area contributed by atoms with Crippen molar-refractivity contribution >= 4 is 15.9 Å². The molecule has 94 valence electrons. The third-order valence-electron chi connectivity index (χ3n) is 1.77. The van der Waals surface area contributed by atoms with E-state index >= 15 is 0 Å². The van der Waals surface area contributed by atoms with E-state index in [0.717, 1.165) is 6.26 Å². The summed E-state index contributed by atoms with van der Waals surface area (Å²) < 4.78 is 29.0. The van der Waals surface area contributed by atoms with Gasteiger partial charge in [0.1, 0.15) is 5.75 Å². The Hall–Kier alpha value is -1.56. The average Bonchev–Trinajstić information content (AvgIpc) is 2.15. The first-order chi connectivity index (χ1) is 7.78. The van der Waals surface area contributed by atoms with Crippen molar-refractivity contribution in [1.82, 2.24) is 4.72 Å². The van der Waals surface area contributed by atoms with E-state index in [4.69, 9.17) is 4.74 Å². The Kier molecular flexibility index (Phi) is 4.11. The molecule has 5 nitrogen and oxygen atoms in total. The second-order valence-electron chi connectivity index (χ2n) is 3.89. The van der Waals surface area contributed by atoms with Gasteiger partial charge in [-0.25, -0.2) is 13.1 Å². The smallest absolute Gasteiger partial charge is 0.264 e. The number of carbonyl (C=O) groups excluding carboxylic acids is 1. The van der Waals surface area contributed by atoms with Gasteiger partial charge in [-0.15, -0.1) is 0 Å². The Morgan fingerprint density at radius 1 is 1.24 bits per heavy atom. The molecule has 0 saturated carbocycles. The van der Waals surface area contributed by atoms with E-state index in [0.29, 0.717) is 5.75 Å². The molecule has 0 spiro atoms. The van der Waals surface area contributed by atoms with Crippen molar-refractivity contribution in [1.29, 1.82) is 0 Å². The largest absolute Gasteiger partial charge is 0.491 e. The third-order valence-corrected chi connectivity index (χ3v) is 2.32. The molecule has 0 fully saturated rings. The van der Waals surface area contributed by atoms with Gasteiger partial charge in [-0.1, -0.05) is 0 Å². The minimum atomic E-state index is -3.53. The fourth-order valence-electron chi connectivity index (χ4n) is 1.18.